The average molecular weight is 374 g/mol. The molecule has 1 aliphatic rings. The smallest absolute Gasteiger partial charge is 0.315 e. The lowest BCUT2D eigenvalue weighted by molar-refractivity contribution is -0.140. The van der Waals surface area contributed by atoms with Gasteiger partial charge in [0, 0.05) is 0 Å². The van der Waals surface area contributed by atoms with Crippen LogP contribution in [0.1, 0.15) is 16.7 Å². The lowest BCUT2D eigenvalue weighted by Gasteiger charge is -2.23. The Hall–Kier alpha value is -3.27. The van der Waals surface area contributed by atoms with Gasteiger partial charge in [0.25, 0.3) is 0 Å². The van der Waals surface area contributed by atoms with Crippen molar-refractivity contribution >= 4 is 5.97 Å². The molecule has 0 radical (unpaired) electrons. The number of esters is 1. The molecule has 4 rings (SSSR count). The third kappa shape index (κ3) is 4.01. The molecule has 0 saturated heterocycles. The highest BCUT2D eigenvalue weighted by Gasteiger charge is 2.28. The molecule has 3 aromatic rings. The fourth-order valence-electron chi connectivity index (χ4n) is 3.45. The van der Waals surface area contributed by atoms with E-state index in [0.29, 0.717) is 36.7 Å². The van der Waals surface area contributed by atoms with Gasteiger partial charge in [0.1, 0.15) is 12.4 Å². The molecule has 0 N–H and O–H groups in total. The molecule has 4 nitrogen and oxygen atoms in total. The van der Waals surface area contributed by atoms with Crippen molar-refractivity contribution in [3.05, 3.63) is 89.5 Å². The summed E-state index contributed by atoms with van der Waals surface area (Å²) in [5.41, 5.74) is 3.17. The average Bonchev–Trinajstić information content (AvgIpc) is 2.73. The quantitative estimate of drug-likeness (QED) is 0.467. The van der Waals surface area contributed by atoms with Crippen LogP contribution in [-0.2, 0) is 24.2 Å². The van der Waals surface area contributed by atoms with Gasteiger partial charge in [-0.25, -0.2) is 0 Å². The summed E-state index contributed by atoms with van der Waals surface area (Å²) < 4.78 is 16.9. The van der Waals surface area contributed by atoms with E-state index in [4.69, 9.17) is 14.2 Å². The van der Waals surface area contributed by atoms with Crippen LogP contribution in [0.25, 0.3) is 0 Å². The summed E-state index contributed by atoms with van der Waals surface area (Å²) >= 11 is 0. The van der Waals surface area contributed by atoms with Crippen molar-refractivity contribution in [3.63, 3.8) is 0 Å². The largest absolute Gasteiger partial charge is 0.493 e. The molecule has 0 spiro atoms. The number of hydrogen-bond donors (Lipinski definition) is 0. The fraction of sp³-hybridized carbons (Fsp3) is 0.208. The first kappa shape index (κ1) is 18.1. The highest BCUT2D eigenvalue weighted by molar-refractivity contribution is 5.78. The van der Waals surface area contributed by atoms with E-state index >= 15 is 0 Å². The van der Waals surface area contributed by atoms with Gasteiger partial charge < -0.3 is 14.2 Å². The summed E-state index contributed by atoms with van der Waals surface area (Å²) in [5.74, 6) is 1.64. The normalized spacial score (nSPS) is 15.5. The van der Waals surface area contributed by atoms with E-state index < -0.39 is 0 Å². The summed E-state index contributed by atoms with van der Waals surface area (Å²) in [6, 6.07) is 23.5. The first-order valence-corrected chi connectivity index (χ1v) is 9.36. The first-order chi connectivity index (χ1) is 13.7. The minimum Gasteiger partial charge on any atom is -0.493 e. The molecule has 1 heterocycles. The highest BCUT2D eigenvalue weighted by Crippen LogP contribution is 2.33. The lowest BCUT2D eigenvalue weighted by atomic mass is 9.90. The van der Waals surface area contributed by atoms with E-state index in [1.54, 1.807) is 7.11 Å². The number of methoxy groups -OCH3 is 1. The number of carbonyl (C=O) groups excluding carboxylic acids is 1. The van der Waals surface area contributed by atoms with Crippen molar-refractivity contribution < 1.29 is 19.0 Å². The van der Waals surface area contributed by atoms with E-state index in [1.165, 1.54) is 0 Å². The molecule has 0 aromatic heterocycles. The molecule has 3 aromatic carbocycles. The van der Waals surface area contributed by atoms with Gasteiger partial charge in [0.15, 0.2) is 11.5 Å². The molecule has 4 heteroatoms. The van der Waals surface area contributed by atoms with Crippen LogP contribution in [0.4, 0.5) is 0 Å². The second-order valence-corrected chi connectivity index (χ2v) is 6.89. The summed E-state index contributed by atoms with van der Waals surface area (Å²) in [6.07, 6.45) is 1.28. The SMILES string of the molecule is COc1ccc(CC2Cc3ccccc3OC2=O)cc1OCc1ccccc1. The van der Waals surface area contributed by atoms with Gasteiger partial charge in [-0.15, -0.1) is 0 Å². The Morgan fingerprint density at radius 1 is 0.929 bits per heavy atom. The molecule has 0 saturated carbocycles. The number of fused-ring (bicyclic) bond motifs is 1. The van der Waals surface area contributed by atoms with Gasteiger partial charge in [0.2, 0.25) is 0 Å². The highest BCUT2D eigenvalue weighted by atomic mass is 16.5. The molecule has 0 fully saturated rings. The number of rotatable bonds is 6. The van der Waals surface area contributed by atoms with Gasteiger partial charge in [-0.2, -0.15) is 0 Å². The zero-order valence-electron chi connectivity index (χ0n) is 15.8. The Bertz CT molecular complexity index is 965. The molecular weight excluding hydrogens is 352 g/mol. The number of hydrogen-bond acceptors (Lipinski definition) is 4. The molecule has 28 heavy (non-hydrogen) atoms. The van der Waals surface area contributed by atoms with Gasteiger partial charge in [-0.1, -0.05) is 54.6 Å². The van der Waals surface area contributed by atoms with E-state index in [-0.39, 0.29) is 11.9 Å². The maximum absolute atomic E-state index is 12.4. The van der Waals surface area contributed by atoms with Crippen LogP contribution in [0.2, 0.25) is 0 Å². The van der Waals surface area contributed by atoms with Crippen LogP contribution in [0.5, 0.6) is 17.2 Å². The van der Waals surface area contributed by atoms with E-state index in [9.17, 15) is 4.79 Å². The molecule has 0 bridgehead atoms. The van der Waals surface area contributed by atoms with Crippen LogP contribution in [0.15, 0.2) is 72.8 Å². The number of para-hydroxylation sites is 1. The monoisotopic (exact) mass is 374 g/mol. The van der Waals surface area contributed by atoms with E-state index in [2.05, 4.69) is 0 Å². The molecule has 0 aliphatic carbocycles. The van der Waals surface area contributed by atoms with Crippen molar-refractivity contribution in [3.8, 4) is 17.2 Å². The third-order valence-corrected chi connectivity index (χ3v) is 4.93. The maximum Gasteiger partial charge on any atom is 0.315 e. The zero-order valence-corrected chi connectivity index (χ0v) is 15.8. The van der Waals surface area contributed by atoms with Crippen molar-refractivity contribution in [2.45, 2.75) is 19.4 Å². The third-order valence-electron chi connectivity index (χ3n) is 4.93. The van der Waals surface area contributed by atoms with E-state index in [1.807, 2.05) is 72.8 Å². The Morgan fingerprint density at radius 3 is 2.54 bits per heavy atom. The Balaban J connectivity index is 1.50. The minimum absolute atomic E-state index is 0.179. The van der Waals surface area contributed by atoms with Crippen LogP contribution >= 0.6 is 0 Å². The van der Waals surface area contributed by atoms with Gasteiger partial charge >= 0.3 is 5.97 Å². The van der Waals surface area contributed by atoms with Gasteiger partial charge in [-0.05, 0) is 47.7 Å². The second kappa shape index (κ2) is 8.17. The van der Waals surface area contributed by atoms with Crippen LogP contribution in [-0.4, -0.2) is 13.1 Å². The molecule has 1 atom stereocenters. The molecular formula is C24H22O4. The number of ether oxygens (including phenoxy) is 3. The topological polar surface area (TPSA) is 44.8 Å². The summed E-state index contributed by atoms with van der Waals surface area (Å²) in [6.45, 7) is 0.458. The fourth-order valence-corrected chi connectivity index (χ4v) is 3.45. The first-order valence-electron chi connectivity index (χ1n) is 9.36. The zero-order chi connectivity index (χ0) is 19.3. The molecule has 1 unspecified atom stereocenters. The maximum atomic E-state index is 12.4. The van der Waals surface area contributed by atoms with Crippen LogP contribution in [0, 0.1) is 5.92 Å². The van der Waals surface area contributed by atoms with Crippen molar-refractivity contribution in [2.24, 2.45) is 5.92 Å². The predicted octanol–water partition coefficient (Wildman–Crippen LogP) is 4.59. The Kier molecular flexibility index (Phi) is 5.29. The van der Waals surface area contributed by atoms with Crippen molar-refractivity contribution in [2.75, 3.05) is 7.11 Å². The lowest BCUT2D eigenvalue weighted by Crippen LogP contribution is -2.29. The number of benzene rings is 3. The molecule has 1 aliphatic heterocycles. The number of carbonyl (C=O) groups is 1. The van der Waals surface area contributed by atoms with Gasteiger partial charge in [0.05, 0.1) is 13.0 Å². The Labute approximate surface area is 164 Å². The second-order valence-electron chi connectivity index (χ2n) is 6.89. The summed E-state index contributed by atoms with van der Waals surface area (Å²) in [7, 11) is 1.62. The summed E-state index contributed by atoms with van der Waals surface area (Å²) in [5, 5.41) is 0. The summed E-state index contributed by atoms with van der Waals surface area (Å²) in [4.78, 5) is 12.4. The standard InChI is InChI=1S/C24H22O4/c1-26-22-12-11-18(14-23(22)27-16-17-7-3-2-4-8-17)13-20-15-19-9-5-6-10-21(19)28-24(20)25/h2-12,14,20H,13,15-16H2,1H3. The van der Waals surface area contributed by atoms with Crippen molar-refractivity contribution in [1.82, 2.24) is 0 Å². The van der Waals surface area contributed by atoms with Crippen LogP contribution in [0.3, 0.4) is 0 Å². The minimum atomic E-state index is -0.203. The predicted molar refractivity (Wildman–Crippen MR) is 107 cm³/mol. The molecule has 0 amide bonds. The van der Waals surface area contributed by atoms with E-state index in [0.717, 1.165) is 16.7 Å². The van der Waals surface area contributed by atoms with Crippen LogP contribution < -0.4 is 14.2 Å². The van der Waals surface area contributed by atoms with Gasteiger partial charge in [-0.3, -0.25) is 4.79 Å². The van der Waals surface area contributed by atoms with Crippen molar-refractivity contribution in [1.29, 1.82) is 0 Å². The molecule has 142 valence electrons. The Morgan fingerprint density at radius 2 is 1.71 bits per heavy atom.